The van der Waals surface area contributed by atoms with Crippen LogP contribution >= 0.6 is 15.9 Å². The second-order valence-electron chi connectivity index (χ2n) is 3.17. The highest BCUT2D eigenvalue weighted by Gasteiger charge is 2.42. The van der Waals surface area contributed by atoms with Crippen molar-refractivity contribution in [3.8, 4) is 0 Å². The smallest absolute Gasteiger partial charge is 0.304 e. The summed E-state index contributed by atoms with van der Waals surface area (Å²) in [6.07, 6.45) is -2.85. The zero-order valence-electron chi connectivity index (χ0n) is 7.05. The van der Waals surface area contributed by atoms with E-state index < -0.39 is 12.0 Å². The van der Waals surface area contributed by atoms with Crippen LogP contribution in [0.3, 0.4) is 0 Å². The van der Waals surface area contributed by atoms with E-state index in [0.29, 0.717) is 11.2 Å². The van der Waals surface area contributed by atoms with Gasteiger partial charge in [-0.15, -0.1) is 10.2 Å². The summed E-state index contributed by atoms with van der Waals surface area (Å²) < 4.78 is 38.5. The van der Waals surface area contributed by atoms with Gasteiger partial charge in [0, 0.05) is 6.04 Å². The molecule has 7 heteroatoms. The van der Waals surface area contributed by atoms with E-state index in [1.807, 2.05) is 0 Å². The Morgan fingerprint density at radius 2 is 2.00 bits per heavy atom. The van der Waals surface area contributed by atoms with E-state index in [0.717, 1.165) is 12.8 Å². The van der Waals surface area contributed by atoms with Gasteiger partial charge in [-0.3, -0.25) is 0 Å². The zero-order chi connectivity index (χ0) is 10.3. The quantitative estimate of drug-likeness (QED) is 0.773. The van der Waals surface area contributed by atoms with Gasteiger partial charge < -0.3 is 4.57 Å². The molecule has 0 N–H and O–H groups in total. The summed E-state index contributed by atoms with van der Waals surface area (Å²) in [4.78, 5) is 0. The van der Waals surface area contributed by atoms with Crippen molar-refractivity contribution in [2.24, 2.45) is 0 Å². The van der Waals surface area contributed by atoms with E-state index in [1.165, 1.54) is 4.57 Å². The van der Waals surface area contributed by atoms with Crippen molar-refractivity contribution >= 4 is 15.9 Å². The molecule has 1 aromatic heterocycles. The molecule has 1 aliphatic carbocycles. The van der Waals surface area contributed by atoms with Gasteiger partial charge >= 0.3 is 6.18 Å². The van der Waals surface area contributed by atoms with E-state index in [4.69, 9.17) is 0 Å². The maximum absolute atomic E-state index is 12.4. The van der Waals surface area contributed by atoms with E-state index in [9.17, 15) is 13.2 Å². The molecule has 1 saturated carbocycles. The summed E-state index contributed by atoms with van der Waals surface area (Å²) in [5.74, 6) is -0.533. The van der Waals surface area contributed by atoms with Crippen LogP contribution in [0.4, 0.5) is 13.2 Å². The largest absolute Gasteiger partial charge is 0.451 e. The highest BCUT2D eigenvalue weighted by Crippen LogP contribution is 2.40. The van der Waals surface area contributed by atoms with Gasteiger partial charge in [-0.1, -0.05) is 15.9 Å². The molecule has 1 aliphatic rings. The Hall–Kier alpha value is -0.590. The van der Waals surface area contributed by atoms with Crippen LogP contribution in [-0.2, 0) is 11.5 Å². The van der Waals surface area contributed by atoms with Crippen LogP contribution in [0, 0.1) is 0 Å². The Morgan fingerprint density at radius 3 is 2.43 bits per heavy atom. The molecular formula is C7H7BrF3N3. The Morgan fingerprint density at radius 1 is 1.36 bits per heavy atom. The monoisotopic (exact) mass is 269 g/mol. The molecule has 0 spiro atoms. The van der Waals surface area contributed by atoms with Crippen LogP contribution < -0.4 is 0 Å². The van der Waals surface area contributed by atoms with Gasteiger partial charge in [-0.25, -0.2) is 0 Å². The fourth-order valence-electron chi connectivity index (χ4n) is 1.32. The number of hydrogen-bond acceptors (Lipinski definition) is 2. The number of rotatable bonds is 2. The third kappa shape index (κ3) is 1.65. The average Bonchev–Trinajstić information content (AvgIpc) is 2.82. The molecule has 1 aromatic rings. The highest BCUT2D eigenvalue weighted by atomic mass is 79.9. The molecule has 1 heterocycles. The Kier molecular flexibility index (Phi) is 2.29. The Balaban J connectivity index is 2.44. The van der Waals surface area contributed by atoms with Gasteiger partial charge in [-0.2, -0.15) is 13.2 Å². The maximum atomic E-state index is 12.4. The molecule has 0 aliphatic heterocycles. The SMILES string of the molecule is FC(F)(F)c1nnc(CBr)n1C1CC1. The van der Waals surface area contributed by atoms with Crippen LogP contribution in [-0.4, -0.2) is 14.8 Å². The number of aromatic nitrogens is 3. The van der Waals surface area contributed by atoms with E-state index in [1.54, 1.807) is 0 Å². The van der Waals surface area contributed by atoms with Gasteiger partial charge in [0.25, 0.3) is 0 Å². The summed E-state index contributed by atoms with van der Waals surface area (Å²) >= 11 is 3.09. The topological polar surface area (TPSA) is 30.7 Å². The van der Waals surface area contributed by atoms with Gasteiger partial charge in [0.05, 0.1) is 5.33 Å². The molecule has 0 amide bonds. The van der Waals surface area contributed by atoms with Crippen LogP contribution in [0.1, 0.15) is 30.5 Å². The van der Waals surface area contributed by atoms with Crippen molar-refractivity contribution in [1.29, 1.82) is 0 Å². The van der Waals surface area contributed by atoms with Crippen molar-refractivity contribution in [3.63, 3.8) is 0 Å². The van der Waals surface area contributed by atoms with Gasteiger partial charge in [0.1, 0.15) is 5.82 Å². The third-order valence-corrected chi connectivity index (χ3v) is 2.55. The zero-order valence-corrected chi connectivity index (χ0v) is 8.64. The minimum Gasteiger partial charge on any atom is -0.304 e. The normalized spacial score (nSPS) is 17.4. The first-order chi connectivity index (χ1) is 6.54. The average molecular weight is 270 g/mol. The first-order valence-electron chi connectivity index (χ1n) is 4.11. The predicted octanol–water partition coefficient (Wildman–Crippen LogP) is 2.53. The molecule has 3 nitrogen and oxygen atoms in total. The molecule has 0 saturated heterocycles. The first kappa shape index (κ1) is 9.95. The molecular weight excluding hydrogens is 263 g/mol. The van der Waals surface area contributed by atoms with E-state index >= 15 is 0 Å². The molecule has 0 aromatic carbocycles. The van der Waals surface area contributed by atoms with Crippen LogP contribution in [0.25, 0.3) is 0 Å². The van der Waals surface area contributed by atoms with Crippen molar-refractivity contribution < 1.29 is 13.2 Å². The molecule has 1 fully saturated rings. The number of hydrogen-bond donors (Lipinski definition) is 0. The minimum atomic E-state index is -4.41. The van der Waals surface area contributed by atoms with Crippen molar-refractivity contribution in [3.05, 3.63) is 11.6 Å². The second kappa shape index (κ2) is 3.22. The fraction of sp³-hybridized carbons (Fsp3) is 0.714. The number of halogens is 4. The van der Waals surface area contributed by atoms with Gasteiger partial charge in [-0.05, 0) is 12.8 Å². The Bertz CT molecular complexity index is 342. The minimum absolute atomic E-state index is 0.0609. The summed E-state index contributed by atoms with van der Waals surface area (Å²) in [5, 5.41) is 6.98. The molecule has 2 rings (SSSR count). The summed E-state index contributed by atoms with van der Waals surface area (Å²) in [7, 11) is 0. The molecule has 78 valence electrons. The highest BCUT2D eigenvalue weighted by molar-refractivity contribution is 9.08. The van der Waals surface area contributed by atoms with Gasteiger partial charge in [0.15, 0.2) is 0 Å². The van der Waals surface area contributed by atoms with E-state index in [2.05, 4.69) is 26.1 Å². The molecule has 0 bridgehead atoms. The second-order valence-corrected chi connectivity index (χ2v) is 3.73. The van der Waals surface area contributed by atoms with Crippen molar-refractivity contribution in [1.82, 2.24) is 14.8 Å². The predicted molar refractivity (Wildman–Crippen MR) is 45.9 cm³/mol. The molecule has 0 radical (unpaired) electrons. The van der Waals surface area contributed by atoms with Crippen molar-refractivity contribution in [2.45, 2.75) is 30.4 Å². The summed E-state index contributed by atoms with van der Waals surface area (Å²) in [6.45, 7) is 0. The lowest BCUT2D eigenvalue weighted by Gasteiger charge is -2.09. The number of nitrogens with zero attached hydrogens (tertiary/aromatic N) is 3. The number of alkyl halides is 4. The van der Waals surface area contributed by atoms with Gasteiger partial charge in [0.2, 0.25) is 5.82 Å². The summed E-state index contributed by atoms with van der Waals surface area (Å²) in [6, 6.07) is -0.0609. The molecule has 14 heavy (non-hydrogen) atoms. The van der Waals surface area contributed by atoms with Crippen molar-refractivity contribution in [2.75, 3.05) is 0 Å². The maximum Gasteiger partial charge on any atom is 0.451 e. The lowest BCUT2D eigenvalue weighted by atomic mass is 10.5. The lowest BCUT2D eigenvalue weighted by molar-refractivity contribution is -0.147. The molecule has 0 atom stereocenters. The fourth-order valence-corrected chi connectivity index (χ4v) is 1.71. The van der Waals surface area contributed by atoms with E-state index in [-0.39, 0.29) is 6.04 Å². The van der Waals surface area contributed by atoms with Crippen LogP contribution in [0.2, 0.25) is 0 Å². The summed E-state index contributed by atoms with van der Waals surface area (Å²) in [5.41, 5.74) is 0. The standard InChI is InChI=1S/C7H7BrF3N3/c8-3-5-12-13-6(7(9,10)11)14(5)4-1-2-4/h4H,1-3H2. The lowest BCUT2D eigenvalue weighted by Crippen LogP contribution is -2.15. The van der Waals surface area contributed by atoms with Crippen LogP contribution in [0.5, 0.6) is 0 Å². The molecule has 0 unspecified atom stereocenters. The third-order valence-electron chi connectivity index (χ3n) is 2.05. The first-order valence-corrected chi connectivity index (χ1v) is 5.23. The van der Waals surface area contributed by atoms with Crippen LogP contribution in [0.15, 0.2) is 0 Å². The Labute approximate surface area is 86.4 Å².